The number of carbonyl (C=O) groups excluding carboxylic acids is 2. The average molecular weight is 350 g/mol. The molecule has 0 unspecified atom stereocenters. The van der Waals surface area contributed by atoms with Crippen LogP contribution in [0.25, 0.3) is 0 Å². The van der Waals surface area contributed by atoms with Gasteiger partial charge >= 0.3 is 5.97 Å². The van der Waals surface area contributed by atoms with Crippen molar-refractivity contribution >= 4 is 23.6 Å². The van der Waals surface area contributed by atoms with Crippen LogP contribution < -0.4 is 0 Å². The van der Waals surface area contributed by atoms with Gasteiger partial charge in [-0.3, -0.25) is 9.69 Å². The maximum absolute atomic E-state index is 12.8. The number of amides is 1. The molecule has 1 radical (unpaired) electrons. The third-order valence-corrected chi connectivity index (χ3v) is 5.27. The Morgan fingerprint density at radius 2 is 1.64 bits per heavy atom. The Kier molecular flexibility index (Phi) is 4.32. The monoisotopic (exact) mass is 350 g/mol. The number of fused-ring (bicyclic) bond motifs is 1. The van der Waals surface area contributed by atoms with Crippen molar-refractivity contribution in [2.24, 2.45) is 0 Å². The maximum Gasteiger partial charge on any atom is 0.355 e. The summed E-state index contributed by atoms with van der Waals surface area (Å²) in [4.78, 5) is 26.1. The molecular formula is C20H16NO3S. The lowest BCUT2D eigenvalue weighted by Gasteiger charge is -2.42. The summed E-state index contributed by atoms with van der Waals surface area (Å²) in [5.41, 5.74) is 2.13. The first-order chi connectivity index (χ1) is 12.2. The minimum atomic E-state index is -0.510. The zero-order valence-corrected chi connectivity index (χ0v) is 14.2. The van der Waals surface area contributed by atoms with Crippen molar-refractivity contribution in [2.45, 2.75) is 11.5 Å². The molecule has 2 heterocycles. The Bertz CT molecular complexity index is 780. The van der Waals surface area contributed by atoms with E-state index in [1.807, 2.05) is 60.7 Å². The van der Waals surface area contributed by atoms with Crippen LogP contribution in [-0.2, 0) is 14.3 Å². The zero-order valence-electron chi connectivity index (χ0n) is 13.4. The Morgan fingerprint density at radius 1 is 1.04 bits per heavy atom. The Balaban J connectivity index is 1.62. The van der Waals surface area contributed by atoms with Crippen molar-refractivity contribution in [3.8, 4) is 0 Å². The fraction of sp³-hybridized carbons (Fsp3) is 0.150. The van der Waals surface area contributed by atoms with Gasteiger partial charge < -0.3 is 4.74 Å². The standard InChI is InChI=1S/C20H16NO3S/c22-17-13-18-21(17)16(11-12-25-18)20(23)24-19(14-7-3-1-4-8-14)15-9-5-2-6-10-15/h1-11,13,18-19H,12H2/t18-/m0/s1. The van der Waals surface area contributed by atoms with E-state index in [0.717, 1.165) is 11.1 Å². The van der Waals surface area contributed by atoms with Crippen LogP contribution in [0.5, 0.6) is 0 Å². The number of thioether (sulfide) groups is 1. The second-order valence-electron chi connectivity index (χ2n) is 5.79. The quantitative estimate of drug-likeness (QED) is 0.627. The molecule has 1 amide bonds. The molecule has 0 aliphatic carbocycles. The van der Waals surface area contributed by atoms with Crippen LogP contribution in [-0.4, -0.2) is 27.9 Å². The zero-order chi connectivity index (χ0) is 17.2. The van der Waals surface area contributed by atoms with E-state index in [9.17, 15) is 9.59 Å². The van der Waals surface area contributed by atoms with Gasteiger partial charge in [-0.25, -0.2) is 4.79 Å². The fourth-order valence-electron chi connectivity index (χ4n) is 2.96. The van der Waals surface area contributed by atoms with Crippen LogP contribution in [0.1, 0.15) is 17.2 Å². The number of ether oxygens (including phenoxy) is 1. The van der Waals surface area contributed by atoms with Gasteiger partial charge in [-0.15, -0.1) is 11.8 Å². The number of carbonyl (C=O) groups is 2. The second-order valence-corrected chi connectivity index (χ2v) is 6.94. The van der Waals surface area contributed by atoms with Gasteiger partial charge in [-0.2, -0.15) is 0 Å². The topological polar surface area (TPSA) is 46.6 Å². The van der Waals surface area contributed by atoms with E-state index < -0.39 is 12.1 Å². The molecule has 1 atom stereocenters. The van der Waals surface area contributed by atoms with Gasteiger partial charge in [0.25, 0.3) is 0 Å². The molecule has 5 heteroatoms. The molecule has 125 valence electrons. The Hall–Kier alpha value is -2.53. The summed E-state index contributed by atoms with van der Waals surface area (Å²) >= 11 is 1.61. The van der Waals surface area contributed by atoms with Gasteiger partial charge in [-0.1, -0.05) is 60.7 Å². The van der Waals surface area contributed by atoms with Crippen molar-refractivity contribution < 1.29 is 14.3 Å². The molecular weight excluding hydrogens is 334 g/mol. The van der Waals surface area contributed by atoms with Crippen LogP contribution in [0.3, 0.4) is 0 Å². The summed E-state index contributed by atoms with van der Waals surface area (Å²) in [6.07, 6.45) is 2.88. The largest absolute Gasteiger partial charge is 0.448 e. The van der Waals surface area contributed by atoms with Gasteiger partial charge in [0.05, 0.1) is 11.8 Å². The normalized spacial score (nSPS) is 19.1. The first-order valence-electron chi connectivity index (χ1n) is 8.05. The first-order valence-corrected chi connectivity index (χ1v) is 9.09. The van der Waals surface area contributed by atoms with Crippen molar-refractivity contribution in [1.82, 2.24) is 4.90 Å². The minimum Gasteiger partial charge on any atom is -0.448 e. The smallest absolute Gasteiger partial charge is 0.355 e. The van der Waals surface area contributed by atoms with E-state index in [-0.39, 0.29) is 11.3 Å². The van der Waals surface area contributed by atoms with E-state index in [0.29, 0.717) is 11.4 Å². The van der Waals surface area contributed by atoms with Crippen LogP contribution in [0.2, 0.25) is 0 Å². The molecule has 25 heavy (non-hydrogen) atoms. The van der Waals surface area contributed by atoms with Crippen molar-refractivity contribution in [3.63, 3.8) is 0 Å². The van der Waals surface area contributed by atoms with Gasteiger partial charge in [0, 0.05) is 5.75 Å². The molecule has 2 aromatic rings. The number of nitrogens with zero attached hydrogens (tertiary/aromatic N) is 1. The Labute approximate surface area is 150 Å². The van der Waals surface area contributed by atoms with Crippen LogP contribution in [0, 0.1) is 6.42 Å². The molecule has 0 spiro atoms. The third kappa shape index (κ3) is 3.07. The highest BCUT2D eigenvalue weighted by Gasteiger charge is 2.44. The van der Waals surface area contributed by atoms with Crippen molar-refractivity contribution in [3.05, 3.63) is 90.0 Å². The Morgan fingerprint density at radius 3 is 2.20 bits per heavy atom. The predicted octanol–water partition coefficient (Wildman–Crippen LogP) is 3.32. The highest BCUT2D eigenvalue weighted by atomic mass is 32.2. The minimum absolute atomic E-state index is 0.0491. The molecule has 2 aliphatic heterocycles. The SMILES string of the molecule is O=C(OC(c1ccccc1)c1ccccc1)C1=CCS[C@H]2[CH]C(=O)N12. The van der Waals surface area contributed by atoms with Crippen LogP contribution >= 0.6 is 11.8 Å². The summed E-state index contributed by atoms with van der Waals surface area (Å²) in [5, 5.41) is -0.0491. The molecule has 0 N–H and O–H groups in total. The summed E-state index contributed by atoms with van der Waals surface area (Å²) in [6, 6.07) is 19.2. The molecule has 4 nitrogen and oxygen atoms in total. The molecule has 0 saturated carbocycles. The lowest BCUT2D eigenvalue weighted by molar-refractivity contribution is -0.149. The van der Waals surface area contributed by atoms with Gasteiger partial charge in [0.15, 0.2) is 6.10 Å². The molecule has 2 aromatic carbocycles. The first kappa shape index (κ1) is 16.0. The van der Waals surface area contributed by atoms with Crippen molar-refractivity contribution in [1.29, 1.82) is 0 Å². The van der Waals surface area contributed by atoms with Gasteiger partial charge in [0.2, 0.25) is 5.91 Å². The molecule has 0 aromatic heterocycles. The molecule has 1 saturated heterocycles. The van der Waals surface area contributed by atoms with Gasteiger partial charge in [-0.05, 0) is 17.2 Å². The van der Waals surface area contributed by atoms with Crippen LogP contribution in [0.4, 0.5) is 0 Å². The summed E-state index contributed by atoms with van der Waals surface area (Å²) in [7, 11) is 0. The van der Waals surface area contributed by atoms with Crippen LogP contribution in [0.15, 0.2) is 72.4 Å². The third-order valence-electron chi connectivity index (χ3n) is 4.22. The van der Waals surface area contributed by atoms with E-state index in [1.165, 1.54) is 4.90 Å². The number of hydrogen-bond donors (Lipinski definition) is 0. The van der Waals surface area contributed by atoms with E-state index in [4.69, 9.17) is 4.74 Å². The number of benzene rings is 2. The lowest BCUT2D eigenvalue weighted by Crippen LogP contribution is -2.53. The molecule has 2 aliphatic rings. The molecule has 4 rings (SSSR count). The highest BCUT2D eigenvalue weighted by Crippen LogP contribution is 2.37. The molecule has 0 bridgehead atoms. The number of esters is 1. The van der Waals surface area contributed by atoms with Crippen molar-refractivity contribution in [2.75, 3.05) is 5.75 Å². The van der Waals surface area contributed by atoms with E-state index >= 15 is 0 Å². The lowest BCUT2D eigenvalue weighted by atomic mass is 10.0. The predicted molar refractivity (Wildman–Crippen MR) is 96.3 cm³/mol. The summed E-state index contributed by atoms with van der Waals surface area (Å²) < 4.78 is 5.84. The van der Waals surface area contributed by atoms with E-state index in [1.54, 1.807) is 24.3 Å². The van der Waals surface area contributed by atoms with Gasteiger partial charge in [0.1, 0.15) is 5.70 Å². The number of rotatable bonds is 4. The fourth-order valence-corrected chi connectivity index (χ4v) is 3.99. The second kappa shape index (κ2) is 6.76. The maximum atomic E-state index is 12.8. The van der Waals surface area contributed by atoms with E-state index in [2.05, 4.69) is 0 Å². The average Bonchev–Trinajstić information content (AvgIpc) is 2.66. The molecule has 1 fully saturated rings. The summed E-state index contributed by atoms with van der Waals surface area (Å²) in [6.45, 7) is 0. The number of β-lactam (4-membered cyclic amide) rings is 1. The summed E-state index contributed by atoms with van der Waals surface area (Å²) in [5.74, 6) is 0.0808. The highest BCUT2D eigenvalue weighted by molar-refractivity contribution is 8.00. The number of hydrogen-bond acceptors (Lipinski definition) is 4.